The van der Waals surface area contributed by atoms with Crippen LogP contribution in [0, 0.1) is 12.7 Å². The van der Waals surface area contributed by atoms with Crippen molar-refractivity contribution < 1.29 is 18.4 Å². The van der Waals surface area contributed by atoms with Crippen LogP contribution in [0.1, 0.15) is 43.8 Å². The van der Waals surface area contributed by atoms with Gasteiger partial charge >= 0.3 is 0 Å². The first-order valence-electron chi connectivity index (χ1n) is 7.91. The molecule has 0 bridgehead atoms. The van der Waals surface area contributed by atoms with E-state index >= 15 is 0 Å². The fourth-order valence-electron chi connectivity index (χ4n) is 2.50. The first kappa shape index (κ1) is 18.0. The summed E-state index contributed by atoms with van der Waals surface area (Å²) in [6, 6.07) is 4.12. The highest BCUT2D eigenvalue weighted by Gasteiger charge is 2.25. The first-order valence-corrected chi connectivity index (χ1v) is 7.91. The highest BCUT2D eigenvalue weighted by Crippen LogP contribution is 2.27. The van der Waals surface area contributed by atoms with Gasteiger partial charge in [0.15, 0.2) is 5.76 Å². The smallest absolute Gasteiger partial charge is 0.290 e. The van der Waals surface area contributed by atoms with Gasteiger partial charge in [0.1, 0.15) is 11.4 Å². The fourth-order valence-corrected chi connectivity index (χ4v) is 2.50. The van der Waals surface area contributed by atoms with Gasteiger partial charge in [0.25, 0.3) is 5.91 Å². The maximum atomic E-state index is 13.4. The molecule has 0 saturated carbocycles. The third-order valence-corrected chi connectivity index (χ3v) is 3.61. The summed E-state index contributed by atoms with van der Waals surface area (Å²) >= 11 is 0. The molecule has 1 aromatic carbocycles. The molecule has 0 aliphatic heterocycles. The van der Waals surface area contributed by atoms with Gasteiger partial charge in [-0.3, -0.25) is 9.59 Å². The molecule has 1 aromatic heterocycles. The molecule has 0 aliphatic rings. The Hall–Kier alpha value is -2.37. The topological polar surface area (TPSA) is 62.6 Å². The number of likely N-dealkylation sites (N-methyl/N-ethyl adjacent to an activating group) is 1. The monoisotopic (exact) mass is 334 g/mol. The van der Waals surface area contributed by atoms with Crippen molar-refractivity contribution >= 4 is 22.8 Å². The number of carbonyl (C=O) groups is 2. The number of halogens is 1. The van der Waals surface area contributed by atoms with Crippen LogP contribution in [0.4, 0.5) is 4.39 Å². The van der Waals surface area contributed by atoms with Crippen molar-refractivity contribution in [2.45, 2.75) is 40.2 Å². The third kappa shape index (κ3) is 3.93. The third-order valence-electron chi connectivity index (χ3n) is 3.61. The zero-order chi connectivity index (χ0) is 18.1. The van der Waals surface area contributed by atoms with Crippen molar-refractivity contribution in [2.24, 2.45) is 0 Å². The first-order chi connectivity index (χ1) is 11.1. The molecule has 24 heavy (non-hydrogen) atoms. The van der Waals surface area contributed by atoms with Crippen LogP contribution in [0.3, 0.4) is 0 Å². The number of amides is 2. The number of fused-ring (bicyclic) bond motifs is 1. The van der Waals surface area contributed by atoms with Crippen LogP contribution in [0.5, 0.6) is 0 Å². The Kier molecular flexibility index (Phi) is 4.96. The van der Waals surface area contributed by atoms with Crippen LogP contribution < -0.4 is 5.32 Å². The van der Waals surface area contributed by atoms with Crippen LogP contribution in [0.15, 0.2) is 22.6 Å². The molecule has 0 fully saturated rings. The SMILES string of the molecule is CCN(CC(=O)NC(C)(C)C)C(=O)c1oc2ccc(F)cc2c1C. The van der Waals surface area contributed by atoms with Gasteiger partial charge in [-0.05, 0) is 52.8 Å². The molecule has 0 radical (unpaired) electrons. The Morgan fingerprint density at radius 3 is 2.54 bits per heavy atom. The Balaban J connectivity index is 2.25. The van der Waals surface area contributed by atoms with Crippen LogP contribution in [-0.2, 0) is 4.79 Å². The lowest BCUT2D eigenvalue weighted by Gasteiger charge is -2.24. The standard InChI is InChI=1S/C18H23FN2O3/c1-6-21(10-15(22)20-18(3,4)5)17(23)16-11(2)13-9-12(19)7-8-14(13)24-16/h7-9H,6,10H2,1-5H3,(H,20,22). The minimum atomic E-state index is -0.387. The summed E-state index contributed by atoms with van der Waals surface area (Å²) in [5, 5.41) is 3.39. The summed E-state index contributed by atoms with van der Waals surface area (Å²) in [6.45, 7) is 9.43. The number of hydrogen-bond acceptors (Lipinski definition) is 3. The number of benzene rings is 1. The van der Waals surface area contributed by atoms with Gasteiger partial charge in [-0.2, -0.15) is 0 Å². The molecule has 0 unspecified atom stereocenters. The van der Waals surface area contributed by atoms with E-state index in [1.54, 1.807) is 13.8 Å². The Morgan fingerprint density at radius 2 is 1.96 bits per heavy atom. The average molecular weight is 334 g/mol. The maximum absolute atomic E-state index is 13.4. The molecule has 6 heteroatoms. The number of carbonyl (C=O) groups excluding carboxylic acids is 2. The summed E-state index contributed by atoms with van der Waals surface area (Å²) < 4.78 is 19.0. The van der Waals surface area contributed by atoms with E-state index in [0.29, 0.717) is 23.1 Å². The fraction of sp³-hybridized carbons (Fsp3) is 0.444. The summed E-state index contributed by atoms with van der Waals surface area (Å²) in [5.74, 6) is -0.864. The van der Waals surface area contributed by atoms with Crippen molar-refractivity contribution in [2.75, 3.05) is 13.1 Å². The lowest BCUT2D eigenvalue weighted by molar-refractivity contribution is -0.123. The van der Waals surface area contributed by atoms with Crippen molar-refractivity contribution in [3.05, 3.63) is 35.3 Å². The molecule has 0 atom stereocenters. The van der Waals surface area contributed by atoms with Crippen LogP contribution >= 0.6 is 0 Å². The lowest BCUT2D eigenvalue weighted by atomic mass is 10.1. The molecule has 0 saturated heterocycles. The molecule has 2 amide bonds. The van der Waals surface area contributed by atoms with Gasteiger partial charge in [-0.25, -0.2) is 4.39 Å². The molecule has 1 heterocycles. The quantitative estimate of drug-likeness (QED) is 0.933. The Morgan fingerprint density at radius 1 is 1.29 bits per heavy atom. The Bertz CT molecular complexity index is 774. The highest BCUT2D eigenvalue weighted by molar-refractivity contribution is 6.00. The van der Waals surface area contributed by atoms with Gasteiger partial charge in [-0.15, -0.1) is 0 Å². The second-order valence-corrected chi connectivity index (χ2v) is 6.81. The maximum Gasteiger partial charge on any atom is 0.290 e. The Labute approximate surface area is 140 Å². The minimum absolute atomic E-state index is 0.0581. The van der Waals surface area contributed by atoms with Gasteiger partial charge in [0.05, 0.1) is 6.54 Å². The van der Waals surface area contributed by atoms with E-state index in [9.17, 15) is 14.0 Å². The molecule has 5 nitrogen and oxygen atoms in total. The minimum Gasteiger partial charge on any atom is -0.451 e. The molecular formula is C18H23FN2O3. The number of nitrogens with one attached hydrogen (secondary N) is 1. The van der Waals surface area contributed by atoms with Gasteiger partial charge < -0.3 is 14.6 Å². The molecule has 130 valence electrons. The number of hydrogen-bond donors (Lipinski definition) is 1. The van der Waals surface area contributed by atoms with E-state index in [1.165, 1.54) is 23.1 Å². The van der Waals surface area contributed by atoms with E-state index < -0.39 is 0 Å². The van der Waals surface area contributed by atoms with Gasteiger partial charge in [-0.1, -0.05) is 0 Å². The molecule has 0 spiro atoms. The normalized spacial score (nSPS) is 11.6. The van der Waals surface area contributed by atoms with Crippen LogP contribution in [-0.4, -0.2) is 35.3 Å². The predicted molar refractivity (Wildman–Crippen MR) is 90.4 cm³/mol. The van der Waals surface area contributed by atoms with Crippen molar-refractivity contribution in [1.82, 2.24) is 10.2 Å². The number of aryl methyl sites for hydroxylation is 1. The molecular weight excluding hydrogens is 311 g/mol. The second-order valence-electron chi connectivity index (χ2n) is 6.81. The number of furan rings is 1. The highest BCUT2D eigenvalue weighted by atomic mass is 19.1. The van der Waals surface area contributed by atoms with E-state index in [0.717, 1.165) is 0 Å². The van der Waals surface area contributed by atoms with Crippen molar-refractivity contribution in [1.29, 1.82) is 0 Å². The molecule has 0 aliphatic carbocycles. The van der Waals surface area contributed by atoms with Crippen molar-refractivity contribution in [3.63, 3.8) is 0 Å². The van der Waals surface area contributed by atoms with E-state index in [2.05, 4.69) is 5.32 Å². The summed E-state index contributed by atoms with van der Waals surface area (Å²) in [5.41, 5.74) is 0.656. The summed E-state index contributed by atoms with van der Waals surface area (Å²) in [6.07, 6.45) is 0. The van der Waals surface area contributed by atoms with Gasteiger partial charge in [0.2, 0.25) is 5.91 Å². The number of nitrogens with zero attached hydrogens (tertiary/aromatic N) is 1. The lowest BCUT2D eigenvalue weighted by Crippen LogP contribution is -2.47. The predicted octanol–water partition coefficient (Wildman–Crippen LogP) is 3.26. The zero-order valence-corrected chi connectivity index (χ0v) is 14.7. The van der Waals surface area contributed by atoms with Crippen LogP contribution in [0.25, 0.3) is 11.0 Å². The molecule has 2 rings (SSSR count). The van der Waals surface area contributed by atoms with E-state index in [-0.39, 0.29) is 35.5 Å². The molecule has 2 aromatic rings. The van der Waals surface area contributed by atoms with E-state index in [4.69, 9.17) is 4.42 Å². The second kappa shape index (κ2) is 6.63. The van der Waals surface area contributed by atoms with E-state index in [1.807, 2.05) is 20.8 Å². The summed E-state index contributed by atoms with van der Waals surface area (Å²) in [7, 11) is 0. The zero-order valence-electron chi connectivity index (χ0n) is 14.7. The van der Waals surface area contributed by atoms with Crippen LogP contribution in [0.2, 0.25) is 0 Å². The number of rotatable bonds is 4. The van der Waals surface area contributed by atoms with Crippen molar-refractivity contribution in [3.8, 4) is 0 Å². The van der Waals surface area contributed by atoms with Gasteiger partial charge in [0, 0.05) is 23.0 Å². The average Bonchev–Trinajstić information content (AvgIpc) is 2.79. The largest absolute Gasteiger partial charge is 0.451 e. The molecule has 1 N–H and O–H groups in total. The summed E-state index contributed by atoms with van der Waals surface area (Å²) in [4.78, 5) is 26.2.